The predicted molar refractivity (Wildman–Crippen MR) is 73.5 cm³/mol. The van der Waals surface area contributed by atoms with Crippen LogP contribution in [0.4, 0.5) is 0 Å². The number of hydrogen-bond acceptors (Lipinski definition) is 1. The Kier molecular flexibility index (Phi) is 3.33. The van der Waals surface area contributed by atoms with E-state index in [4.69, 9.17) is 5.73 Å². The number of aromatic nitrogens is 1. The molecule has 2 rings (SSSR count). The summed E-state index contributed by atoms with van der Waals surface area (Å²) in [5, 5.41) is 0. The van der Waals surface area contributed by atoms with Crippen LogP contribution in [0.25, 0.3) is 11.8 Å². The molecule has 3 nitrogen and oxygen atoms in total. The van der Waals surface area contributed by atoms with Gasteiger partial charge in [0.1, 0.15) is 0 Å². The molecule has 0 fully saturated rings. The van der Waals surface area contributed by atoms with Crippen LogP contribution in [-0.4, -0.2) is 10.5 Å². The van der Waals surface area contributed by atoms with E-state index < -0.39 is 5.91 Å². The molecule has 92 valence electrons. The third-order valence-electron chi connectivity index (χ3n) is 2.91. The van der Waals surface area contributed by atoms with Crippen LogP contribution in [0.5, 0.6) is 0 Å². The van der Waals surface area contributed by atoms with E-state index in [0.29, 0.717) is 0 Å². The second-order valence-corrected chi connectivity index (χ2v) is 4.23. The van der Waals surface area contributed by atoms with Crippen LogP contribution in [0.2, 0.25) is 0 Å². The Balaban J connectivity index is 2.48. The average Bonchev–Trinajstić information content (AvgIpc) is 2.63. The van der Waals surface area contributed by atoms with E-state index >= 15 is 0 Å². The molecule has 2 aromatic rings. The third-order valence-corrected chi connectivity index (χ3v) is 2.91. The highest BCUT2D eigenvalue weighted by atomic mass is 16.1. The lowest BCUT2D eigenvalue weighted by Crippen LogP contribution is -2.05. The zero-order chi connectivity index (χ0) is 13.1. The molecule has 1 heterocycles. The molecule has 2 N–H and O–H groups in total. The molecule has 3 heteroatoms. The maximum Gasteiger partial charge on any atom is 0.241 e. The summed E-state index contributed by atoms with van der Waals surface area (Å²) in [5.74, 6) is -0.431. The van der Waals surface area contributed by atoms with Crippen LogP contribution < -0.4 is 5.73 Å². The van der Waals surface area contributed by atoms with Crippen molar-refractivity contribution < 1.29 is 4.79 Å². The summed E-state index contributed by atoms with van der Waals surface area (Å²) >= 11 is 0. The Labute approximate surface area is 107 Å². The highest BCUT2D eigenvalue weighted by Gasteiger charge is 2.08. The number of hydrogen-bond donors (Lipinski definition) is 1. The smallest absolute Gasteiger partial charge is 0.241 e. The quantitative estimate of drug-likeness (QED) is 0.824. The van der Waals surface area contributed by atoms with Gasteiger partial charge in [-0.05, 0) is 43.7 Å². The van der Waals surface area contributed by atoms with Crippen molar-refractivity contribution in [2.75, 3.05) is 0 Å². The van der Waals surface area contributed by atoms with Gasteiger partial charge in [-0.15, -0.1) is 0 Å². The largest absolute Gasteiger partial charge is 0.366 e. The van der Waals surface area contributed by atoms with Crippen molar-refractivity contribution >= 4 is 12.0 Å². The fourth-order valence-electron chi connectivity index (χ4n) is 2.10. The first-order chi connectivity index (χ1) is 8.59. The molecule has 0 saturated heterocycles. The number of rotatable bonds is 3. The normalized spacial score (nSPS) is 11.0. The number of primary amides is 1. The lowest BCUT2D eigenvalue weighted by Gasteiger charge is -2.08. The Bertz CT molecular complexity index is 594. The lowest BCUT2D eigenvalue weighted by molar-refractivity contribution is -0.113. The van der Waals surface area contributed by atoms with E-state index in [9.17, 15) is 4.79 Å². The van der Waals surface area contributed by atoms with Gasteiger partial charge in [0.15, 0.2) is 0 Å². The van der Waals surface area contributed by atoms with Gasteiger partial charge in [0.25, 0.3) is 0 Å². The summed E-state index contributed by atoms with van der Waals surface area (Å²) in [6.45, 7) is 4.07. The summed E-state index contributed by atoms with van der Waals surface area (Å²) in [4.78, 5) is 10.8. The molecule has 0 aliphatic heterocycles. The summed E-state index contributed by atoms with van der Waals surface area (Å²) in [5.41, 5.74) is 9.46. The minimum Gasteiger partial charge on any atom is -0.366 e. The molecule has 0 spiro atoms. The van der Waals surface area contributed by atoms with E-state index in [1.165, 1.54) is 6.08 Å². The van der Waals surface area contributed by atoms with Crippen LogP contribution in [0.15, 0.2) is 42.5 Å². The Morgan fingerprint density at radius 3 is 2.50 bits per heavy atom. The highest BCUT2D eigenvalue weighted by molar-refractivity contribution is 5.90. The zero-order valence-corrected chi connectivity index (χ0v) is 10.6. The van der Waals surface area contributed by atoms with Crippen molar-refractivity contribution in [1.29, 1.82) is 0 Å². The number of amides is 1. The van der Waals surface area contributed by atoms with Gasteiger partial charge >= 0.3 is 0 Å². The highest BCUT2D eigenvalue weighted by Crippen LogP contribution is 2.21. The van der Waals surface area contributed by atoms with Crippen molar-refractivity contribution in [3.05, 3.63) is 59.4 Å². The van der Waals surface area contributed by atoms with Crippen molar-refractivity contribution in [2.24, 2.45) is 5.73 Å². The Morgan fingerprint density at radius 1 is 1.22 bits per heavy atom. The minimum absolute atomic E-state index is 0.431. The van der Waals surface area contributed by atoms with Gasteiger partial charge in [0, 0.05) is 23.2 Å². The first-order valence-electron chi connectivity index (χ1n) is 5.81. The summed E-state index contributed by atoms with van der Waals surface area (Å²) in [7, 11) is 0. The molecule has 1 amide bonds. The summed E-state index contributed by atoms with van der Waals surface area (Å²) < 4.78 is 2.15. The molecule has 0 aliphatic carbocycles. The van der Waals surface area contributed by atoms with Crippen LogP contribution in [0, 0.1) is 13.8 Å². The SMILES string of the molecule is Cc1cc(/C=C\C(N)=O)c(C)n1-c1ccccc1. The van der Waals surface area contributed by atoms with Crippen molar-refractivity contribution in [2.45, 2.75) is 13.8 Å². The summed E-state index contributed by atoms with van der Waals surface area (Å²) in [6, 6.07) is 12.2. The van der Waals surface area contributed by atoms with Gasteiger partial charge < -0.3 is 10.3 Å². The molecular weight excluding hydrogens is 224 g/mol. The number of carbonyl (C=O) groups is 1. The first kappa shape index (κ1) is 12.2. The van der Waals surface area contributed by atoms with Gasteiger partial charge in [0.05, 0.1) is 0 Å². The van der Waals surface area contributed by atoms with Crippen molar-refractivity contribution in [1.82, 2.24) is 4.57 Å². The number of para-hydroxylation sites is 1. The molecule has 0 radical (unpaired) electrons. The second-order valence-electron chi connectivity index (χ2n) is 4.23. The molecule has 0 unspecified atom stereocenters. The van der Waals surface area contributed by atoms with Crippen molar-refractivity contribution in [3.63, 3.8) is 0 Å². The lowest BCUT2D eigenvalue weighted by atomic mass is 10.2. The number of nitrogens with two attached hydrogens (primary N) is 1. The fourth-order valence-corrected chi connectivity index (χ4v) is 2.10. The molecule has 1 aromatic carbocycles. The molecule has 1 aromatic heterocycles. The topological polar surface area (TPSA) is 48.0 Å². The molecule has 0 aliphatic rings. The Morgan fingerprint density at radius 2 is 1.89 bits per heavy atom. The maximum absolute atomic E-state index is 10.8. The van der Waals surface area contributed by atoms with Gasteiger partial charge in [-0.2, -0.15) is 0 Å². The van der Waals surface area contributed by atoms with Gasteiger partial charge in [-0.25, -0.2) is 0 Å². The van der Waals surface area contributed by atoms with E-state index in [-0.39, 0.29) is 0 Å². The number of nitrogens with zero attached hydrogens (tertiary/aromatic N) is 1. The zero-order valence-electron chi connectivity index (χ0n) is 10.6. The van der Waals surface area contributed by atoms with Crippen LogP contribution in [-0.2, 0) is 4.79 Å². The number of benzene rings is 1. The minimum atomic E-state index is -0.431. The third kappa shape index (κ3) is 2.35. The average molecular weight is 240 g/mol. The Hall–Kier alpha value is -2.29. The summed E-state index contributed by atoms with van der Waals surface area (Å²) in [6.07, 6.45) is 3.14. The molecule has 0 bridgehead atoms. The van der Waals surface area contributed by atoms with E-state index in [2.05, 4.69) is 16.7 Å². The van der Waals surface area contributed by atoms with Crippen molar-refractivity contribution in [3.8, 4) is 5.69 Å². The number of aryl methyl sites for hydroxylation is 1. The van der Waals surface area contributed by atoms with Crippen LogP contribution in [0.3, 0.4) is 0 Å². The van der Waals surface area contributed by atoms with Gasteiger partial charge in [-0.3, -0.25) is 4.79 Å². The monoisotopic (exact) mass is 240 g/mol. The van der Waals surface area contributed by atoms with E-state index in [1.807, 2.05) is 38.1 Å². The van der Waals surface area contributed by atoms with Gasteiger partial charge in [0.2, 0.25) is 5.91 Å². The van der Waals surface area contributed by atoms with E-state index in [0.717, 1.165) is 22.6 Å². The predicted octanol–water partition coefficient (Wildman–Crippen LogP) is 2.59. The fraction of sp³-hybridized carbons (Fsp3) is 0.133. The molecular formula is C15H16N2O. The molecule has 0 saturated carbocycles. The molecule has 18 heavy (non-hydrogen) atoms. The second kappa shape index (κ2) is 4.92. The van der Waals surface area contributed by atoms with Crippen LogP contribution in [0.1, 0.15) is 17.0 Å². The number of carbonyl (C=O) groups excluding carboxylic acids is 1. The first-order valence-corrected chi connectivity index (χ1v) is 5.81. The van der Waals surface area contributed by atoms with Crippen LogP contribution >= 0.6 is 0 Å². The maximum atomic E-state index is 10.8. The standard InChI is InChI=1S/C15H16N2O/c1-11-10-13(8-9-15(16)18)12(2)17(11)14-6-4-3-5-7-14/h3-10H,1-2H3,(H2,16,18)/b9-8-. The van der Waals surface area contributed by atoms with Gasteiger partial charge in [-0.1, -0.05) is 18.2 Å². The molecule has 0 atom stereocenters. The van der Waals surface area contributed by atoms with E-state index in [1.54, 1.807) is 6.08 Å².